The summed E-state index contributed by atoms with van der Waals surface area (Å²) in [4.78, 5) is 2.35. The first-order valence-corrected chi connectivity index (χ1v) is 5.55. The van der Waals surface area contributed by atoms with Gasteiger partial charge in [-0.1, -0.05) is 30.3 Å². The first-order valence-electron chi connectivity index (χ1n) is 5.55. The minimum absolute atomic E-state index is 0.0875. The van der Waals surface area contributed by atoms with Gasteiger partial charge in [0.2, 0.25) is 0 Å². The summed E-state index contributed by atoms with van der Waals surface area (Å²) in [6, 6.07) is 13.0. The van der Waals surface area contributed by atoms with Crippen LogP contribution in [-0.2, 0) is 6.54 Å². The van der Waals surface area contributed by atoms with E-state index in [9.17, 15) is 5.26 Å². The second kappa shape index (κ2) is 3.08. The van der Waals surface area contributed by atoms with Gasteiger partial charge < -0.3 is 0 Å². The fraction of sp³-hybridized carbons (Fsp3) is 0.462. The Labute approximate surface area is 90.1 Å². The first kappa shape index (κ1) is 8.94. The Morgan fingerprint density at radius 2 is 2.20 bits per heavy atom. The van der Waals surface area contributed by atoms with Gasteiger partial charge in [0.05, 0.1) is 6.07 Å². The average molecular weight is 198 g/mol. The molecule has 1 aromatic rings. The molecule has 15 heavy (non-hydrogen) atoms. The Bertz CT molecular complexity index is 406. The molecule has 2 aliphatic rings. The standard InChI is InChI=1S/C13H14N2/c14-10-13-8-12(13)6-7-15(13)9-11-4-2-1-3-5-11/h1-5,12H,6-9H2/t12-,13-/m1/s1. The van der Waals surface area contributed by atoms with Crippen LogP contribution in [0.3, 0.4) is 0 Å². The maximum atomic E-state index is 9.22. The van der Waals surface area contributed by atoms with Gasteiger partial charge in [0, 0.05) is 13.1 Å². The molecule has 1 saturated heterocycles. The Kier molecular flexibility index (Phi) is 1.83. The summed E-state index contributed by atoms with van der Waals surface area (Å²) >= 11 is 0. The number of likely N-dealkylation sites (tertiary alicyclic amines) is 1. The highest BCUT2D eigenvalue weighted by Gasteiger charge is 2.62. The molecule has 0 spiro atoms. The quantitative estimate of drug-likeness (QED) is 0.728. The van der Waals surface area contributed by atoms with Crippen molar-refractivity contribution in [3.8, 4) is 6.07 Å². The van der Waals surface area contributed by atoms with Gasteiger partial charge in [0.15, 0.2) is 0 Å². The van der Waals surface area contributed by atoms with Crippen LogP contribution in [0, 0.1) is 17.2 Å². The molecule has 0 unspecified atom stereocenters. The summed E-state index contributed by atoms with van der Waals surface area (Å²) in [7, 11) is 0. The number of hydrogen-bond donors (Lipinski definition) is 0. The Morgan fingerprint density at radius 1 is 1.40 bits per heavy atom. The van der Waals surface area contributed by atoms with E-state index in [0.29, 0.717) is 5.92 Å². The smallest absolute Gasteiger partial charge is 0.112 e. The summed E-state index contributed by atoms with van der Waals surface area (Å²) in [5, 5.41) is 9.22. The number of piperidine rings is 1. The zero-order chi connectivity index (χ0) is 10.3. The van der Waals surface area contributed by atoms with E-state index >= 15 is 0 Å². The summed E-state index contributed by atoms with van der Waals surface area (Å²) < 4.78 is 0. The van der Waals surface area contributed by atoms with Gasteiger partial charge in [-0.3, -0.25) is 4.90 Å². The number of hydrogen-bond acceptors (Lipinski definition) is 2. The van der Waals surface area contributed by atoms with Gasteiger partial charge in [0.25, 0.3) is 0 Å². The van der Waals surface area contributed by atoms with Gasteiger partial charge in [0.1, 0.15) is 5.54 Å². The molecule has 3 rings (SSSR count). The van der Waals surface area contributed by atoms with Crippen molar-refractivity contribution in [1.29, 1.82) is 5.26 Å². The fourth-order valence-electron chi connectivity index (χ4n) is 2.79. The summed E-state index contributed by atoms with van der Waals surface area (Å²) in [6.07, 6.45) is 2.30. The number of nitriles is 1. The van der Waals surface area contributed by atoms with Crippen molar-refractivity contribution in [2.75, 3.05) is 6.54 Å². The van der Waals surface area contributed by atoms with Crippen molar-refractivity contribution in [3.05, 3.63) is 35.9 Å². The van der Waals surface area contributed by atoms with E-state index in [1.54, 1.807) is 0 Å². The van der Waals surface area contributed by atoms with Crippen molar-refractivity contribution >= 4 is 0 Å². The summed E-state index contributed by atoms with van der Waals surface area (Å²) in [5.74, 6) is 0.659. The molecule has 1 aliphatic carbocycles. The van der Waals surface area contributed by atoms with Crippen molar-refractivity contribution in [2.24, 2.45) is 5.92 Å². The lowest BCUT2D eigenvalue weighted by Gasteiger charge is -2.22. The number of nitrogens with zero attached hydrogens (tertiary/aromatic N) is 2. The predicted molar refractivity (Wildman–Crippen MR) is 57.9 cm³/mol. The molecule has 1 aromatic carbocycles. The average Bonchev–Trinajstić information content (AvgIpc) is 2.92. The number of rotatable bonds is 2. The van der Waals surface area contributed by atoms with Crippen LogP contribution >= 0.6 is 0 Å². The molecule has 0 bridgehead atoms. The number of benzene rings is 1. The molecule has 2 nitrogen and oxygen atoms in total. The normalized spacial score (nSPS) is 33.4. The highest BCUT2D eigenvalue weighted by molar-refractivity contribution is 5.29. The lowest BCUT2D eigenvalue weighted by atomic mass is 10.2. The van der Waals surface area contributed by atoms with Gasteiger partial charge in [-0.15, -0.1) is 0 Å². The van der Waals surface area contributed by atoms with Crippen LogP contribution in [0.25, 0.3) is 0 Å². The summed E-state index contributed by atoms with van der Waals surface area (Å²) in [6.45, 7) is 2.03. The maximum absolute atomic E-state index is 9.22. The van der Waals surface area contributed by atoms with E-state index < -0.39 is 0 Å². The summed E-state index contributed by atoms with van der Waals surface area (Å²) in [5.41, 5.74) is 1.23. The highest BCUT2D eigenvalue weighted by Crippen LogP contribution is 2.55. The van der Waals surface area contributed by atoms with Crippen molar-refractivity contribution in [1.82, 2.24) is 4.90 Å². The van der Waals surface area contributed by atoms with Crippen LogP contribution in [0.1, 0.15) is 18.4 Å². The van der Waals surface area contributed by atoms with Gasteiger partial charge in [-0.25, -0.2) is 0 Å². The van der Waals surface area contributed by atoms with Gasteiger partial charge in [-0.2, -0.15) is 5.26 Å². The second-order valence-electron chi connectivity index (χ2n) is 4.63. The van der Waals surface area contributed by atoms with E-state index in [2.05, 4.69) is 35.2 Å². The highest BCUT2D eigenvalue weighted by atomic mass is 15.3. The first-order chi connectivity index (χ1) is 7.35. The van der Waals surface area contributed by atoms with Gasteiger partial charge >= 0.3 is 0 Å². The Balaban J connectivity index is 1.78. The van der Waals surface area contributed by atoms with E-state index in [4.69, 9.17) is 0 Å². The molecule has 76 valence electrons. The zero-order valence-corrected chi connectivity index (χ0v) is 8.69. The minimum Gasteiger partial charge on any atom is -0.281 e. The molecular weight excluding hydrogens is 184 g/mol. The van der Waals surface area contributed by atoms with E-state index in [1.165, 1.54) is 12.0 Å². The second-order valence-corrected chi connectivity index (χ2v) is 4.63. The molecule has 1 aliphatic heterocycles. The maximum Gasteiger partial charge on any atom is 0.112 e. The van der Waals surface area contributed by atoms with Crippen molar-refractivity contribution < 1.29 is 0 Å². The van der Waals surface area contributed by atoms with Crippen molar-refractivity contribution in [2.45, 2.75) is 24.9 Å². The Morgan fingerprint density at radius 3 is 2.87 bits per heavy atom. The van der Waals surface area contributed by atoms with E-state index in [1.807, 2.05) is 6.07 Å². The molecule has 0 amide bonds. The van der Waals surface area contributed by atoms with Crippen molar-refractivity contribution in [3.63, 3.8) is 0 Å². The largest absolute Gasteiger partial charge is 0.281 e. The predicted octanol–water partition coefficient (Wildman–Crippen LogP) is 2.17. The van der Waals surface area contributed by atoms with Crippen LogP contribution in [0.5, 0.6) is 0 Å². The lowest BCUT2D eigenvalue weighted by molar-refractivity contribution is 0.245. The molecule has 0 radical (unpaired) electrons. The third kappa shape index (κ3) is 1.27. The third-order valence-electron chi connectivity index (χ3n) is 3.79. The van der Waals surface area contributed by atoms with Gasteiger partial charge in [-0.05, 0) is 24.3 Å². The number of fused-ring (bicyclic) bond motifs is 1. The topological polar surface area (TPSA) is 27.0 Å². The third-order valence-corrected chi connectivity index (χ3v) is 3.79. The molecule has 0 N–H and O–H groups in total. The molecular formula is C13H14N2. The molecule has 2 fully saturated rings. The molecule has 1 saturated carbocycles. The van der Waals surface area contributed by atoms with Crippen LogP contribution in [0.4, 0.5) is 0 Å². The molecule has 1 heterocycles. The van der Waals surface area contributed by atoms with Crippen LogP contribution in [0.2, 0.25) is 0 Å². The molecule has 0 aromatic heterocycles. The van der Waals surface area contributed by atoms with Crippen LogP contribution < -0.4 is 0 Å². The van der Waals surface area contributed by atoms with Crippen LogP contribution in [0.15, 0.2) is 30.3 Å². The van der Waals surface area contributed by atoms with E-state index in [-0.39, 0.29) is 5.54 Å². The SMILES string of the molecule is N#C[C@]12C[C@H]1CCN2Cc1ccccc1. The Hall–Kier alpha value is -1.33. The fourth-order valence-corrected chi connectivity index (χ4v) is 2.79. The zero-order valence-electron chi connectivity index (χ0n) is 8.69. The van der Waals surface area contributed by atoms with Crippen LogP contribution in [-0.4, -0.2) is 17.0 Å². The lowest BCUT2D eigenvalue weighted by Crippen LogP contribution is -2.32. The molecule has 2 heteroatoms. The minimum atomic E-state index is -0.0875. The molecule has 2 atom stereocenters. The van der Waals surface area contributed by atoms with E-state index in [0.717, 1.165) is 19.5 Å². The monoisotopic (exact) mass is 198 g/mol.